The summed E-state index contributed by atoms with van der Waals surface area (Å²) in [6.45, 7) is 3.64. The van der Waals surface area contributed by atoms with Crippen LogP contribution in [0.15, 0.2) is 78.7 Å². The zero-order valence-corrected chi connectivity index (χ0v) is 26.0. The molecule has 2 atom stereocenters. The summed E-state index contributed by atoms with van der Waals surface area (Å²) in [5.74, 6) is -1.79. The van der Waals surface area contributed by atoms with Gasteiger partial charge in [-0.05, 0) is 79.4 Å². The van der Waals surface area contributed by atoms with Crippen molar-refractivity contribution in [2.45, 2.75) is 45.3 Å². The minimum absolute atomic E-state index is 0.0508. The van der Waals surface area contributed by atoms with Crippen molar-refractivity contribution < 1.29 is 33.8 Å². The Morgan fingerprint density at radius 1 is 1.04 bits per heavy atom. The predicted octanol–water partition coefficient (Wildman–Crippen LogP) is 6.21. The molecule has 0 saturated heterocycles. The standard InChI is InChI=1S/C35H32ClN3O7/c1-20-15-24(10-12-29(20)39-34(43)26-11-9-23(36)18-27(26)35(39)44)37-33(42)31-16-22(17-32(46-31)45-14-6-5-13-40)28-19-38(21(2)41)30-8-4-3-7-25(28)30/h3-4,7-12,15-16,18-19,22,32,40H,5-6,13-14,17H2,1-2H3,(H,37,42)/t22-,32+/m0/s1. The number of hydrogen-bond acceptors (Lipinski definition) is 7. The van der Waals surface area contributed by atoms with Gasteiger partial charge in [-0.15, -0.1) is 0 Å². The number of carbonyl (C=O) groups excluding carboxylic acids is 4. The average molecular weight is 642 g/mol. The number of anilines is 2. The number of nitrogens with one attached hydrogen (secondary N) is 1. The number of para-hydroxylation sites is 1. The van der Waals surface area contributed by atoms with Gasteiger partial charge in [0.25, 0.3) is 17.7 Å². The van der Waals surface area contributed by atoms with Crippen LogP contribution in [0.2, 0.25) is 5.02 Å². The van der Waals surface area contributed by atoms with Gasteiger partial charge in [-0.1, -0.05) is 29.8 Å². The van der Waals surface area contributed by atoms with Gasteiger partial charge in [-0.2, -0.15) is 0 Å². The first-order valence-corrected chi connectivity index (χ1v) is 15.4. The van der Waals surface area contributed by atoms with E-state index in [1.165, 1.54) is 19.1 Å². The Kier molecular flexibility index (Phi) is 8.77. The third-order valence-electron chi connectivity index (χ3n) is 8.16. The Hall–Kier alpha value is -4.77. The number of imide groups is 1. The lowest BCUT2D eigenvalue weighted by molar-refractivity contribution is -0.143. The normalized spacial score (nSPS) is 17.6. The van der Waals surface area contributed by atoms with Crippen molar-refractivity contribution in [3.63, 3.8) is 0 Å². The van der Waals surface area contributed by atoms with Crippen LogP contribution >= 0.6 is 11.6 Å². The van der Waals surface area contributed by atoms with E-state index in [4.69, 9.17) is 26.2 Å². The molecule has 0 aliphatic carbocycles. The van der Waals surface area contributed by atoms with Crippen LogP contribution in [0.4, 0.5) is 11.4 Å². The molecule has 236 valence electrons. The highest BCUT2D eigenvalue weighted by molar-refractivity contribution is 6.37. The molecule has 4 aromatic rings. The van der Waals surface area contributed by atoms with E-state index in [1.807, 2.05) is 24.3 Å². The number of carbonyl (C=O) groups is 4. The van der Waals surface area contributed by atoms with E-state index in [0.29, 0.717) is 47.8 Å². The van der Waals surface area contributed by atoms with Gasteiger partial charge in [-0.3, -0.25) is 23.7 Å². The number of ether oxygens (including phenoxy) is 2. The molecule has 11 heteroatoms. The fourth-order valence-electron chi connectivity index (χ4n) is 5.93. The number of nitrogens with zero attached hydrogens (tertiary/aromatic N) is 2. The smallest absolute Gasteiger partial charge is 0.290 e. The number of allylic oxidation sites excluding steroid dienone is 1. The lowest BCUT2D eigenvalue weighted by Gasteiger charge is -2.29. The Morgan fingerprint density at radius 3 is 2.59 bits per heavy atom. The number of benzene rings is 3. The number of amides is 3. The molecule has 0 fully saturated rings. The molecule has 3 amide bonds. The molecular formula is C35H32ClN3O7. The molecule has 2 aliphatic rings. The summed E-state index contributed by atoms with van der Waals surface area (Å²) in [5.41, 5.74) is 3.58. The second-order valence-electron chi connectivity index (χ2n) is 11.3. The molecule has 3 aromatic carbocycles. The number of rotatable bonds is 9. The Labute approximate surface area is 270 Å². The molecule has 46 heavy (non-hydrogen) atoms. The monoisotopic (exact) mass is 641 g/mol. The summed E-state index contributed by atoms with van der Waals surface area (Å²) in [5, 5.41) is 13.3. The van der Waals surface area contributed by atoms with Gasteiger partial charge >= 0.3 is 0 Å². The molecule has 2 aliphatic heterocycles. The fraction of sp³-hybridized carbons (Fsp3) is 0.257. The van der Waals surface area contributed by atoms with E-state index in [9.17, 15) is 19.2 Å². The highest BCUT2D eigenvalue weighted by Gasteiger charge is 2.37. The SMILES string of the molecule is CC(=O)n1cc([C@H]2C=C(C(=O)Nc3ccc(N4C(=O)c5ccc(Cl)cc5C4=O)c(C)c3)O[C@@H](OCCCCO)C2)c2ccccc21. The number of aliphatic hydroxyl groups excluding tert-OH is 1. The van der Waals surface area contributed by atoms with Gasteiger partial charge in [0.1, 0.15) is 0 Å². The predicted molar refractivity (Wildman–Crippen MR) is 173 cm³/mol. The lowest BCUT2D eigenvalue weighted by Crippen LogP contribution is -2.30. The second-order valence-corrected chi connectivity index (χ2v) is 11.7. The van der Waals surface area contributed by atoms with E-state index in [0.717, 1.165) is 21.4 Å². The maximum atomic E-state index is 13.6. The number of fused-ring (bicyclic) bond motifs is 2. The van der Waals surface area contributed by atoms with E-state index >= 15 is 0 Å². The first-order chi connectivity index (χ1) is 22.2. The summed E-state index contributed by atoms with van der Waals surface area (Å²) in [6, 6.07) is 17.1. The number of aromatic nitrogens is 1. The van der Waals surface area contributed by atoms with E-state index < -0.39 is 24.0 Å². The topological polar surface area (TPSA) is 127 Å². The third-order valence-corrected chi connectivity index (χ3v) is 8.40. The van der Waals surface area contributed by atoms with Crippen molar-refractivity contribution in [3.8, 4) is 0 Å². The zero-order valence-electron chi connectivity index (χ0n) is 25.3. The first kappa shape index (κ1) is 31.2. The van der Waals surface area contributed by atoms with Crippen molar-refractivity contribution in [3.05, 3.63) is 106 Å². The molecule has 2 N–H and O–H groups in total. The maximum absolute atomic E-state index is 13.6. The first-order valence-electron chi connectivity index (χ1n) is 15.0. The number of hydrogen-bond donors (Lipinski definition) is 2. The fourth-order valence-corrected chi connectivity index (χ4v) is 6.11. The largest absolute Gasteiger partial charge is 0.459 e. The molecular weight excluding hydrogens is 610 g/mol. The van der Waals surface area contributed by atoms with Gasteiger partial charge in [0, 0.05) is 48.2 Å². The number of aryl methyl sites for hydroxylation is 1. The van der Waals surface area contributed by atoms with Crippen molar-refractivity contribution in [1.29, 1.82) is 0 Å². The van der Waals surface area contributed by atoms with Crippen molar-refractivity contribution in [2.24, 2.45) is 0 Å². The second kappa shape index (κ2) is 12.9. The van der Waals surface area contributed by atoms with Crippen LogP contribution in [0.1, 0.15) is 68.7 Å². The van der Waals surface area contributed by atoms with Crippen molar-refractivity contribution >= 4 is 57.5 Å². The van der Waals surface area contributed by atoms with Crippen LogP contribution in [-0.2, 0) is 14.3 Å². The number of halogens is 1. The molecule has 0 spiro atoms. The molecule has 0 saturated carbocycles. The summed E-state index contributed by atoms with van der Waals surface area (Å²) < 4.78 is 13.6. The lowest BCUT2D eigenvalue weighted by atomic mass is 9.92. The van der Waals surface area contributed by atoms with Gasteiger partial charge < -0.3 is 19.9 Å². The molecule has 1 aromatic heterocycles. The zero-order chi connectivity index (χ0) is 32.5. The quantitative estimate of drug-likeness (QED) is 0.164. The highest BCUT2D eigenvalue weighted by Crippen LogP contribution is 2.37. The molecule has 0 unspecified atom stereocenters. The van der Waals surface area contributed by atoms with Gasteiger partial charge in [0.15, 0.2) is 5.76 Å². The van der Waals surface area contributed by atoms with E-state index in [2.05, 4.69) is 5.32 Å². The van der Waals surface area contributed by atoms with Crippen LogP contribution in [0.5, 0.6) is 0 Å². The van der Waals surface area contributed by atoms with Crippen LogP contribution in [0, 0.1) is 6.92 Å². The van der Waals surface area contributed by atoms with E-state index in [1.54, 1.807) is 48.0 Å². The number of aliphatic hydroxyl groups is 1. The van der Waals surface area contributed by atoms with Crippen molar-refractivity contribution in [1.82, 2.24) is 4.57 Å². The molecule has 6 rings (SSSR count). The van der Waals surface area contributed by atoms with Crippen LogP contribution in [-0.4, -0.2) is 52.8 Å². The third kappa shape index (κ3) is 5.94. The summed E-state index contributed by atoms with van der Waals surface area (Å²) >= 11 is 6.06. The van der Waals surface area contributed by atoms with Crippen molar-refractivity contribution in [2.75, 3.05) is 23.4 Å². The Bertz CT molecular complexity index is 1910. The highest BCUT2D eigenvalue weighted by atomic mass is 35.5. The summed E-state index contributed by atoms with van der Waals surface area (Å²) in [4.78, 5) is 53.3. The molecule has 0 bridgehead atoms. The Morgan fingerprint density at radius 2 is 1.83 bits per heavy atom. The Balaban J connectivity index is 1.26. The van der Waals surface area contributed by atoms with Crippen LogP contribution < -0.4 is 10.2 Å². The van der Waals surface area contributed by atoms with Gasteiger partial charge in [0.2, 0.25) is 12.2 Å². The summed E-state index contributed by atoms with van der Waals surface area (Å²) in [7, 11) is 0. The molecule has 0 radical (unpaired) electrons. The molecule has 3 heterocycles. The minimum atomic E-state index is -0.736. The average Bonchev–Trinajstić information content (AvgIpc) is 3.54. The van der Waals surface area contributed by atoms with Gasteiger partial charge in [0.05, 0.1) is 28.9 Å². The summed E-state index contributed by atoms with van der Waals surface area (Å²) in [6.07, 6.45) is 4.42. The van der Waals surface area contributed by atoms with Crippen LogP contribution in [0.3, 0.4) is 0 Å². The van der Waals surface area contributed by atoms with E-state index in [-0.39, 0.29) is 35.3 Å². The van der Waals surface area contributed by atoms with Crippen LogP contribution in [0.25, 0.3) is 10.9 Å². The number of unbranched alkanes of at least 4 members (excludes halogenated alkanes) is 1. The molecule has 10 nitrogen and oxygen atoms in total. The van der Waals surface area contributed by atoms with Gasteiger partial charge in [-0.25, -0.2) is 4.90 Å². The minimum Gasteiger partial charge on any atom is -0.459 e. The maximum Gasteiger partial charge on any atom is 0.290 e.